The Morgan fingerprint density at radius 1 is 1.10 bits per heavy atom. The van der Waals surface area contributed by atoms with E-state index in [1.165, 1.54) is 6.92 Å². The van der Waals surface area contributed by atoms with Crippen molar-refractivity contribution >= 4 is 23.3 Å². The molecule has 0 atom stereocenters. The third-order valence-corrected chi connectivity index (χ3v) is 2.60. The van der Waals surface area contributed by atoms with Crippen LogP contribution in [-0.4, -0.2) is 16.8 Å². The van der Waals surface area contributed by atoms with Crippen molar-refractivity contribution in [1.82, 2.24) is 4.98 Å². The molecule has 1 aromatic carbocycles. The van der Waals surface area contributed by atoms with E-state index in [0.717, 1.165) is 5.56 Å². The van der Waals surface area contributed by atoms with E-state index < -0.39 is 0 Å². The molecule has 0 radical (unpaired) electrons. The number of benzene rings is 1. The highest BCUT2D eigenvalue weighted by Gasteiger charge is 2.07. The maximum absolute atomic E-state index is 12.1. The summed E-state index contributed by atoms with van der Waals surface area (Å²) in [6.45, 7) is 3.35. The summed E-state index contributed by atoms with van der Waals surface area (Å²) in [6, 6.07) is 10.3. The van der Waals surface area contributed by atoms with Crippen molar-refractivity contribution in [2.75, 3.05) is 10.6 Å². The van der Waals surface area contributed by atoms with Crippen LogP contribution in [0, 0.1) is 6.92 Å². The fourth-order valence-corrected chi connectivity index (χ4v) is 1.67. The summed E-state index contributed by atoms with van der Waals surface area (Å²) in [6.07, 6.45) is 1.68. The summed E-state index contributed by atoms with van der Waals surface area (Å²) in [5, 5.41) is 5.34. The first-order valence-electron chi connectivity index (χ1n) is 6.16. The van der Waals surface area contributed by atoms with Crippen molar-refractivity contribution < 1.29 is 9.59 Å². The molecule has 2 rings (SSSR count). The van der Waals surface area contributed by atoms with Gasteiger partial charge in [-0.25, -0.2) is 4.98 Å². The molecule has 2 N–H and O–H groups in total. The maximum atomic E-state index is 12.1. The molecule has 2 aromatic rings. The predicted octanol–water partition coefficient (Wildman–Crippen LogP) is 2.60. The number of nitrogens with one attached hydrogen (secondary N) is 2. The van der Waals surface area contributed by atoms with Crippen molar-refractivity contribution in [2.24, 2.45) is 0 Å². The third kappa shape index (κ3) is 3.65. The average molecular weight is 269 g/mol. The van der Waals surface area contributed by atoms with E-state index in [-0.39, 0.29) is 11.8 Å². The number of nitrogens with zero attached hydrogens (tertiary/aromatic N) is 1. The molecule has 0 aliphatic rings. The molecule has 0 bridgehead atoms. The number of pyridine rings is 1. The Kier molecular flexibility index (Phi) is 4.10. The fourth-order valence-electron chi connectivity index (χ4n) is 1.67. The van der Waals surface area contributed by atoms with Gasteiger partial charge in [0.15, 0.2) is 0 Å². The molecule has 2 amide bonds. The van der Waals surface area contributed by atoms with Gasteiger partial charge >= 0.3 is 0 Å². The van der Waals surface area contributed by atoms with Crippen LogP contribution >= 0.6 is 0 Å². The number of aryl methyl sites for hydroxylation is 1. The molecule has 5 nitrogen and oxygen atoms in total. The van der Waals surface area contributed by atoms with Gasteiger partial charge < -0.3 is 10.6 Å². The largest absolute Gasteiger partial charge is 0.326 e. The molecule has 20 heavy (non-hydrogen) atoms. The molecule has 0 saturated heterocycles. The van der Waals surface area contributed by atoms with Gasteiger partial charge in [0.25, 0.3) is 5.91 Å². The highest BCUT2D eigenvalue weighted by atomic mass is 16.2. The van der Waals surface area contributed by atoms with Gasteiger partial charge in [0.2, 0.25) is 5.91 Å². The molecule has 5 heteroatoms. The maximum Gasteiger partial charge on any atom is 0.256 e. The van der Waals surface area contributed by atoms with Crippen molar-refractivity contribution in [2.45, 2.75) is 13.8 Å². The first kappa shape index (κ1) is 13.7. The minimum Gasteiger partial charge on any atom is -0.326 e. The summed E-state index contributed by atoms with van der Waals surface area (Å²) < 4.78 is 0. The first-order valence-corrected chi connectivity index (χ1v) is 6.16. The number of carbonyl (C=O) groups excluding carboxylic acids is 2. The SMILES string of the molecule is CC(=O)Nc1cccc(C(=O)Nc2ccc(C)cn2)c1. The van der Waals surface area contributed by atoms with Crippen molar-refractivity contribution in [3.05, 3.63) is 53.7 Å². The lowest BCUT2D eigenvalue weighted by atomic mass is 10.2. The van der Waals surface area contributed by atoms with Gasteiger partial charge in [0.05, 0.1) is 0 Å². The zero-order chi connectivity index (χ0) is 14.5. The number of aromatic nitrogens is 1. The lowest BCUT2D eigenvalue weighted by Gasteiger charge is -2.07. The van der Waals surface area contributed by atoms with Crippen LogP contribution < -0.4 is 10.6 Å². The Labute approximate surface area is 117 Å². The quantitative estimate of drug-likeness (QED) is 0.899. The zero-order valence-corrected chi connectivity index (χ0v) is 11.3. The second kappa shape index (κ2) is 5.97. The molecule has 0 aliphatic heterocycles. The predicted molar refractivity (Wildman–Crippen MR) is 77.7 cm³/mol. The Morgan fingerprint density at radius 3 is 2.55 bits per heavy atom. The Balaban J connectivity index is 2.12. The molecule has 0 spiro atoms. The van der Waals surface area contributed by atoms with Gasteiger partial charge in [-0.1, -0.05) is 12.1 Å². The van der Waals surface area contributed by atoms with E-state index in [1.807, 2.05) is 13.0 Å². The number of rotatable bonds is 3. The Hall–Kier alpha value is -2.69. The zero-order valence-electron chi connectivity index (χ0n) is 11.3. The molecule has 0 unspecified atom stereocenters. The van der Waals surface area contributed by atoms with E-state index in [1.54, 1.807) is 36.5 Å². The summed E-state index contributed by atoms with van der Waals surface area (Å²) in [5.41, 5.74) is 2.07. The number of amides is 2. The van der Waals surface area contributed by atoms with E-state index in [9.17, 15) is 9.59 Å². The smallest absolute Gasteiger partial charge is 0.256 e. The van der Waals surface area contributed by atoms with Crippen LogP contribution in [0.3, 0.4) is 0 Å². The third-order valence-electron chi connectivity index (χ3n) is 2.60. The minimum atomic E-state index is -0.270. The standard InChI is InChI=1S/C15H15N3O2/c1-10-6-7-14(16-9-10)18-15(20)12-4-3-5-13(8-12)17-11(2)19/h3-9H,1-2H3,(H,17,19)(H,16,18,20). The Bertz CT molecular complexity index is 636. The summed E-state index contributed by atoms with van der Waals surface area (Å²) in [7, 11) is 0. The minimum absolute atomic E-state index is 0.178. The first-order chi connectivity index (χ1) is 9.54. The topological polar surface area (TPSA) is 71.1 Å². The number of anilines is 2. The highest BCUT2D eigenvalue weighted by Crippen LogP contribution is 2.12. The van der Waals surface area contributed by atoms with Crippen molar-refractivity contribution in [1.29, 1.82) is 0 Å². The molecule has 1 heterocycles. The van der Waals surface area contributed by atoms with Gasteiger partial charge in [0, 0.05) is 24.4 Å². The second-order valence-electron chi connectivity index (χ2n) is 4.44. The normalized spacial score (nSPS) is 9.90. The van der Waals surface area contributed by atoms with Crippen LogP contribution in [0.4, 0.5) is 11.5 Å². The monoisotopic (exact) mass is 269 g/mol. The van der Waals surface area contributed by atoms with Crippen LogP contribution in [0.5, 0.6) is 0 Å². The van der Waals surface area contributed by atoms with E-state index in [4.69, 9.17) is 0 Å². The number of hydrogen-bond acceptors (Lipinski definition) is 3. The molecular weight excluding hydrogens is 254 g/mol. The lowest BCUT2D eigenvalue weighted by molar-refractivity contribution is -0.114. The highest BCUT2D eigenvalue weighted by molar-refractivity contribution is 6.04. The van der Waals surface area contributed by atoms with E-state index in [2.05, 4.69) is 15.6 Å². The number of carbonyl (C=O) groups is 2. The molecule has 1 aromatic heterocycles. The average Bonchev–Trinajstić information content (AvgIpc) is 2.41. The van der Waals surface area contributed by atoms with E-state index in [0.29, 0.717) is 17.1 Å². The molecule has 0 saturated carbocycles. The summed E-state index contributed by atoms with van der Waals surface area (Å²) in [4.78, 5) is 27.2. The van der Waals surface area contributed by atoms with Crippen molar-refractivity contribution in [3.8, 4) is 0 Å². The lowest BCUT2D eigenvalue weighted by Crippen LogP contribution is -2.13. The molecule has 0 aliphatic carbocycles. The molecular formula is C15H15N3O2. The van der Waals surface area contributed by atoms with Gasteiger partial charge in [-0.2, -0.15) is 0 Å². The van der Waals surface area contributed by atoms with Crippen molar-refractivity contribution in [3.63, 3.8) is 0 Å². The summed E-state index contributed by atoms with van der Waals surface area (Å²) in [5.74, 6) is 0.0434. The van der Waals surface area contributed by atoms with Gasteiger partial charge in [0.1, 0.15) is 5.82 Å². The summed E-state index contributed by atoms with van der Waals surface area (Å²) >= 11 is 0. The van der Waals surface area contributed by atoms with Crippen LogP contribution in [0.2, 0.25) is 0 Å². The van der Waals surface area contributed by atoms with E-state index >= 15 is 0 Å². The second-order valence-corrected chi connectivity index (χ2v) is 4.44. The molecule has 0 fully saturated rings. The molecule has 102 valence electrons. The van der Waals surface area contributed by atoms with Crippen LogP contribution in [-0.2, 0) is 4.79 Å². The van der Waals surface area contributed by atoms with Gasteiger partial charge in [-0.05, 0) is 36.8 Å². The number of hydrogen-bond donors (Lipinski definition) is 2. The van der Waals surface area contributed by atoms with Crippen LogP contribution in [0.25, 0.3) is 0 Å². The van der Waals surface area contributed by atoms with Gasteiger partial charge in [-0.3, -0.25) is 9.59 Å². The Morgan fingerprint density at radius 2 is 1.90 bits per heavy atom. The fraction of sp³-hybridized carbons (Fsp3) is 0.133. The van der Waals surface area contributed by atoms with Crippen LogP contribution in [0.15, 0.2) is 42.6 Å². The van der Waals surface area contributed by atoms with Gasteiger partial charge in [-0.15, -0.1) is 0 Å². The van der Waals surface area contributed by atoms with Crippen LogP contribution in [0.1, 0.15) is 22.8 Å².